The molecule has 0 aromatic rings. The molecule has 2 atom stereocenters. The largest absolute Gasteiger partial charge is 0.453 e. The maximum absolute atomic E-state index is 10.9. The average molecular weight is 209 g/mol. The Kier molecular flexibility index (Phi) is 5.82. The minimum atomic E-state index is -0.337. The van der Waals surface area contributed by atoms with Gasteiger partial charge >= 0.3 is 6.09 Å². The Labute approximate surface area is 84.8 Å². The molecule has 0 aliphatic carbocycles. The van der Waals surface area contributed by atoms with Gasteiger partial charge in [-0.2, -0.15) is 0 Å². The first-order chi connectivity index (χ1) is 5.74. The van der Waals surface area contributed by atoms with Crippen molar-refractivity contribution in [2.24, 2.45) is 5.92 Å². The summed E-state index contributed by atoms with van der Waals surface area (Å²) >= 11 is 0. The van der Waals surface area contributed by atoms with Crippen LogP contribution in [0.1, 0.15) is 13.3 Å². The SMILES string of the molecule is COC(=O)NC1CNCCC1C.Cl. The van der Waals surface area contributed by atoms with Crippen LogP contribution >= 0.6 is 12.4 Å². The zero-order valence-corrected chi connectivity index (χ0v) is 8.82. The van der Waals surface area contributed by atoms with Crippen LogP contribution in [0.2, 0.25) is 0 Å². The molecule has 2 N–H and O–H groups in total. The Balaban J connectivity index is 0.00000144. The van der Waals surface area contributed by atoms with Crippen molar-refractivity contribution in [3.8, 4) is 0 Å². The summed E-state index contributed by atoms with van der Waals surface area (Å²) in [6.07, 6.45) is 0.768. The number of ether oxygens (including phenoxy) is 1. The molecule has 78 valence electrons. The van der Waals surface area contributed by atoms with E-state index in [0.717, 1.165) is 19.5 Å². The normalized spacial score (nSPS) is 27.2. The molecule has 5 heteroatoms. The maximum Gasteiger partial charge on any atom is 0.407 e. The lowest BCUT2D eigenvalue weighted by atomic mass is 9.95. The van der Waals surface area contributed by atoms with Crippen molar-refractivity contribution in [1.82, 2.24) is 10.6 Å². The minimum Gasteiger partial charge on any atom is -0.453 e. The number of methoxy groups -OCH3 is 1. The third-order valence-electron chi connectivity index (χ3n) is 2.32. The molecule has 2 unspecified atom stereocenters. The van der Waals surface area contributed by atoms with Gasteiger partial charge in [-0.25, -0.2) is 4.79 Å². The number of hydrogen-bond donors (Lipinski definition) is 2. The number of carbonyl (C=O) groups is 1. The molecule has 1 saturated heterocycles. The molecule has 1 aliphatic heterocycles. The van der Waals surface area contributed by atoms with Gasteiger partial charge < -0.3 is 15.4 Å². The summed E-state index contributed by atoms with van der Waals surface area (Å²) in [6, 6.07) is 0.214. The molecule has 4 nitrogen and oxygen atoms in total. The first-order valence-corrected chi connectivity index (χ1v) is 4.29. The maximum atomic E-state index is 10.9. The minimum absolute atomic E-state index is 0. The number of halogens is 1. The van der Waals surface area contributed by atoms with Gasteiger partial charge in [-0.1, -0.05) is 6.92 Å². The van der Waals surface area contributed by atoms with Gasteiger partial charge in [0.15, 0.2) is 0 Å². The molecule has 0 aromatic heterocycles. The number of piperidine rings is 1. The van der Waals surface area contributed by atoms with Gasteiger partial charge in [-0.15, -0.1) is 12.4 Å². The number of nitrogens with one attached hydrogen (secondary N) is 2. The van der Waals surface area contributed by atoms with Crippen molar-refractivity contribution in [1.29, 1.82) is 0 Å². The van der Waals surface area contributed by atoms with Gasteiger partial charge in [-0.05, 0) is 18.9 Å². The third-order valence-corrected chi connectivity index (χ3v) is 2.32. The summed E-state index contributed by atoms with van der Waals surface area (Å²) in [5.41, 5.74) is 0. The smallest absolute Gasteiger partial charge is 0.407 e. The fourth-order valence-electron chi connectivity index (χ4n) is 1.39. The zero-order chi connectivity index (χ0) is 8.97. The molecular formula is C8H17ClN2O2. The van der Waals surface area contributed by atoms with Crippen molar-refractivity contribution >= 4 is 18.5 Å². The Morgan fingerprint density at radius 1 is 1.62 bits per heavy atom. The van der Waals surface area contributed by atoms with Crippen LogP contribution in [0, 0.1) is 5.92 Å². The van der Waals surface area contributed by atoms with Gasteiger partial charge in [0, 0.05) is 12.6 Å². The predicted molar refractivity (Wildman–Crippen MR) is 53.2 cm³/mol. The predicted octanol–water partition coefficient (Wildman–Crippen LogP) is 0.762. The van der Waals surface area contributed by atoms with E-state index in [-0.39, 0.29) is 24.5 Å². The number of carbonyl (C=O) groups excluding carboxylic acids is 1. The molecule has 0 radical (unpaired) electrons. The first-order valence-electron chi connectivity index (χ1n) is 4.29. The van der Waals surface area contributed by atoms with Crippen molar-refractivity contribution in [2.75, 3.05) is 20.2 Å². The van der Waals surface area contributed by atoms with Crippen LogP contribution in [0.3, 0.4) is 0 Å². The van der Waals surface area contributed by atoms with Crippen LogP contribution in [0.25, 0.3) is 0 Å². The van der Waals surface area contributed by atoms with E-state index >= 15 is 0 Å². The molecule has 0 spiro atoms. The summed E-state index contributed by atoms with van der Waals surface area (Å²) in [7, 11) is 1.39. The number of hydrogen-bond acceptors (Lipinski definition) is 3. The monoisotopic (exact) mass is 208 g/mol. The van der Waals surface area contributed by atoms with E-state index in [9.17, 15) is 4.79 Å². The van der Waals surface area contributed by atoms with E-state index in [1.807, 2.05) is 0 Å². The highest BCUT2D eigenvalue weighted by Crippen LogP contribution is 2.10. The summed E-state index contributed by atoms with van der Waals surface area (Å²) < 4.78 is 4.52. The van der Waals surface area contributed by atoms with E-state index in [2.05, 4.69) is 22.3 Å². The summed E-state index contributed by atoms with van der Waals surface area (Å²) in [5, 5.41) is 6.02. The van der Waals surface area contributed by atoms with Crippen LogP contribution in [-0.2, 0) is 4.74 Å². The molecule has 1 fully saturated rings. The topological polar surface area (TPSA) is 50.4 Å². The molecular weight excluding hydrogens is 192 g/mol. The van der Waals surface area contributed by atoms with Crippen LogP contribution in [0.5, 0.6) is 0 Å². The number of alkyl carbamates (subject to hydrolysis) is 1. The van der Waals surface area contributed by atoms with Crippen LogP contribution in [0.15, 0.2) is 0 Å². The molecule has 1 heterocycles. The van der Waals surface area contributed by atoms with Crippen LogP contribution in [0.4, 0.5) is 4.79 Å². The molecule has 0 saturated carbocycles. The van der Waals surface area contributed by atoms with E-state index in [4.69, 9.17) is 0 Å². The molecule has 1 amide bonds. The average Bonchev–Trinajstić information content (AvgIpc) is 2.09. The first kappa shape index (κ1) is 12.5. The lowest BCUT2D eigenvalue weighted by molar-refractivity contribution is 0.158. The van der Waals surface area contributed by atoms with Crippen LogP contribution in [-0.4, -0.2) is 32.3 Å². The Morgan fingerprint density at radius 2 is 2.31 bits per heavy atom. The molecule has 13 heavy (non-hydrogen) atoms. The fraction of sp³-hybridized carbons (Fsp3) is 0.875. The van der Waals surface area contributed by atoms with Gasteiger partial charge in [0.05, 0.1) is 7.11 Å². The number of amides is 1. The highest BCUT2D eigenvalue weighted by atomic mass is 35.5. The van der Waals surface area contributed by atoms with Crippen molar-refractivity contribution in [3.63, 3.8) is 0 Å². The zero-order valence-electron chi connectivity index (χ0n) is 8.00. The summed E-state index contributed by atoms with van der Waals surface area (Å²) in [5.74, 6) is 0.533. The van der Waals surface area contributed by atoms with Gasteiger partial charge in [0.25, 0.3) is 0 Å². The Morgan fingerprint density at radius 3 is 2.85 bits per heavy atom. The van der Waals surface area contributed by atoms with Crippen molar-refractivity contribution in [3.05, 3.63) is 0 Å². The van der Waals surface area contributed by atoms with E-state index < -0.39 is 0 Å². The summed E-state index contributed by atoms with van der Waals surface area (Å²) in [6.45, 7) is 4.03. The van der Waals surface area contributed by atoms with E-state index in [0.29, 0.717) is 5.92 Å². The van der Waals surface area contributed by atoms with E-state index in [1.165, 1.54) is 7.11 Å². The van der Waals surface area contributed by atoms with Gasteiger partial charge in [0.2, 0.25) is 0 Å². The quantitative estimate of drug-likeness (QED) is 0.669. The third kappa shape index (κ3) is 3.83. The van der Waals surface area contributed by atoms with Crippen LogP contribution < -0.4 is 10.6 Å². The molecule has 1 aliphatic rings. The lowest BCUT2D eigenvalue weighted by Crippen LogP contribution is -2.50. The standard InChI is InChI=1S/C8H16N2O2.ClH/c1-6-3-4-9-5-7(6)10-8(11)12-2;/h6-7,9H,3-5H2,1-2H3,(H,10,11);1H. The number of rotatable bonds is 1. The van der Waals surface area contributed by atoms with Gasteiger partial charge in [-0.3, -0.25) is 0 Å². The molecule has 0 aromatic carbocycles. The molecule has 0 bridgehead atoms. The lowest BCUT2D eigenvalue weighted by Gasteiger charge is -2.29. The second-order valence-corrected chi connectivity index (χ2v) is 3.21. The van der Waals surface area contributed by atoms with Crippen molar-refractivity contribution in [2.45, 2.75) is 19.4 Å². The highest BCUT2D eigenvalue weighted by molar-refractivity contribution is 5.85. The fourth-order valence-corrected chi connectivity index (χ4v) is 1.39. The van der Waals surface area contributed by atoms with Crippen molar-refractivity contribution < 1.29 is 9.53 Å². The summed E-state index contributed by atoms with van der Waals surface area (Å²) in [4.78, 5) is 10.9. The Bertz CT molecular complexity index is 166. The van der Waals surface area contributed by atoms with Gasteiger partial charge in [0.1, 0.15) is 0 Å². The second-order valence-electron chi connectivity index (χ2n) is 3.21. The van der Waals surface area contributed by atoms with E-state index in [1.54, 1.807) is 0 Å². The Hall–Kier alpha value is -0.480. The highest BCUT2D eigenvalue weighted by Gasteiger charge is 2.22. The second kappa shape index (κ2) is 6.05. The molecule has 1 rings (SSSR count).